The highest BCUT2D eigenvalue weighted by Crippen LogP contribution is 2.38. The second kappa shape index (κ2) is 7.41. The number of anilines is 1. The van der Waals surface area contributed by atoms with Crippen molar-refractivity contribution in [1.82, 2.24) is 0 Å². The van der Waals surface area contributed by atoms with Gasteiger partial charge in [-0.3, -0.25) is 5.01 Å². The Bertz CT molecular complexity index is 970. The molecule has 1 aliphatic rings. The molecule has 4 rings (SSSR count). The first-order valence-electron chi connectivity index (χ1n) is 8.67. The fourth-order valence-corrected chi connectivity index (χ4v) is 3.40. The Balaban J connectivity index is 1.75. The number of para-hydroxylation sites is 1. The fraction of sp³-hybridized carbons (Fsp3) is 0.136. The summed E-state index contributed by atoms with van der Waals surface area (Å²) in [5.74, 6) is 0.491. The standard InChI is InChI=1S/C22H18ClFN2O/c1-27-18-12-8-16(9-13-18)22-14-20(15-6-10-17(23)11-7-15)25-26(22)21-5-3-2-4-19(21)24/h2-13,22H,14H2,1H3. The number of hydrazone groups is 1. The largest absolute Gasteiger partial charge is 0.497 e. The summed E-state index contributed by atoms with van der Waals surface area (Å²) < 4.78 is 19.7. The molecular formula is C22H18ClFN2O. The van der Waals surface area contributed by atoms with Crippen LogP contribution in [0.15, 0.2) is 77.9 Å². The summed E-state index contributed by atoms with van der Waals surface area (Å²) >= 11 is 6.01. The average Bonchev–Trinajstić information content (AvgIpc) is 3.14. The van der Waals surface area contributed by atoms with Crippen LogP contribution in [0.5, 0.6) is 5.75 Å². The Labute approximate surface area is 162 Å². The summed E-state index contributed by atoms with van der Waals surface area (Å²) in [6.45, 7) is 0. The summed E-state index contributed by atoms with van der Waals surface area (Å²) in [6, 6.07) is 22.0. The number of hydrogen-bond acceptors (Lipinski definition) is 3. The van der Waals surface area contributed by atoms with Crippen molar-refractivity contribution >= 4 is 23.0 Å². The monoisotopic (exact) mass is 380 g/mol. The van der Waals surface area contributed by atoms with Crippen molar-refractivity contribution in [3.8, 4) is 5.75 Å². The smallest absolute Gasteiger partial charge is 0.148 e. The lowest BCUT2D eigenvalue weighted by atomic mass is 9.98. The molecule has 1 unspecified atom stereocenters. The van der Waals surface area contributed by atoms with Crippen LogP contribution >= 0.6 is 11.6 Å². The highest BCUT2D eigenvalue weighted by molar-refractivity contribution is 6.30. The van der Waals surface area contributed by atoms with Gasteiger partial charge in [0.1, 0.15) is 11.6 Å². The third kappa shape index (κ3) is 3.53. The summed E-state index contributed by atoms with van der Waals surface area (Å²) in [6.07, 6.45) is 0.669. The molecule has 27 heavy (non-hydrogen) atoms. The van der Waals surface area contributed by atoms with Crippen molar-refractivity contribution in [2.45, 2.75) is 12.5 Å². The van der Waals surface area contributed by atoms with Crippen LogP contribution in [0.25, 0.3) is 0 Å². The van der Waals surface area contributed by atoms with E-state index in [1.54, 1.807) is 24.3 Å². The van der Waals surface area contributed by atoms with Crippen LogP contribution in [0.4, 0.5) is 10.1 Å². The highest BCUT2D eigenvalue weighted by Gasteiger charge is 2.31. The molecule has 0 spiro atoms. The minimum atomic E-state index is -0.294. The predicted molar refractivity (Wildman–Crippen MR) is 107 cm³/mol. The molecule has 0 fully saturated rings. The number of methoxy groups -OCH3 is 1. The van der Waals surface area contributed by atoms with Gasteiger partial charge in [-0.15, -0.1) is 0 Å². The van der Waals surface area contributed by atoms with E-state index in [2.05, 4.69) is 0 Å². The average molecular weight is 381 g/mol. The number of halogens is 2. The Hall–Kier alpha value is -2.85. The van der Waals surface area contributed by atoms with Crippen molar-refractivity contribution < 1.29 is 9.13 Å². The Kier molecular flexibility index (Phi) is 4.82. The van der Waals surface area contributed by atoms with Gasteiger partial charge in [0.15, 0.2) is 0 Å². The zero-order valence-electron chi connectivity index (χ0n) is 14.8. The molecule has 0 aliphatic carbocycles. The van der Waals surface area contributed by atoms with Crippen molar-refractivity contribution in [1.29, 1.82) is 0 Å². The molecule has 0 saturated carbocycles. The van der Waals surface area contributed by atoms with E-state index in [4.69, 9.17) is 21.4 Å². The van der Waals surface area contributed by atoms with E-state index in [1.807, 2.05) is 54.6 Å². The molecule has 1 aliphatic heterocycles. The third-order valence-electron chi connectivity index (χ3n) is 4.69. The van der Waals surface area contributed by atoms with Gasteiger partial charge < -0.3 is 4.74 Å². The minimum absolute atomic E-state index is 0.0986. The maximum atomic E-state index is 14.5. The number of nitrogens with zero attached hydrogens (tertiary/aromatic N) is 2. The Morgan fingerprint density at radius 1 is 1.00 bits per heavy atom. The summed E-state index contributed by atoms with van der Waals surface area (Å²) in [5, 5.41) is 7.20. The maximum Gasteiger partial charge on any atom is 0.148 e. The second-order valence-corrected chi connectivity index (χ2v) is 6.78. The molecule has 0 saturated heterocycles. The van der Waals surface area contributed by atoms with Crippen LogP contribution in [0.2, 0.25) is 5.02 Å². The zero-order valence-corrected chi connectivity index (χ0v) is 15.5. The van der Waals surface area contributed by atoms with Crippen LogP contribution < -0.4 is 9.75 Å². The van der Waals surface area contributed by atoms with Gasteiger partial charge in [-0.1, -0.05) is 48.0 Å². The number of hydrogen-bond donors (Lipinski definition) is 0. The van der Waals surface area contributed by atoms with Crippen LogP contribution in [-0.4, -0.2) is 12.8 Å². The predicted octanol–water partition coefficient (Wildman–Crippen LogP) is 5.84. The Morgan fingerprint density at radius 2 is 1.70 bits per heavy atom. The molecule has 0 radical (unpaired) electrons. The van der Waals surface area contributed by atoms with E-state index >= 15 is 0 Å². The molecule has 1 heterocycles. The van der Waals surface area contributed by atoms with Gasteiger partial charge in [0, 0.05) is 11.4 Å². The van der Waals surface area contributed by atoms with Crippen LogP contribution in [0.1, 0.15) is 23.6 Å². The summed E-state index contributed by atoms with van der Waals surface area (Å²) in [5.41, 5.74) is 3.39. The molecule has 136 valence electrons. The van der Waals surface area contributed by atoms with Gasteiger partial charge in [0.2, 0.25) is 0 Å². The van der Waals surface area contributed by atoms with Gasteiger partial charge in [-0.2, -0.15) is 5.10 Å². The molecular weight excluding hydrogens is 363 g/mol. The first kappa shape index (κ1) is 17.6. The van der Waals surface area contributed by atoms with Gasteiger partial charge >= 0.3 is 0 Å². The van der Waals surface area contributed by atoms with E-state index in [9.17, 15) is 4.39 Å². The second-order valence-electron chi connectivity index (χ2n) is 6.34. The summed E-state index contributed by atoms with van der Waals surface area (Å²) in [7, 11) is 1.64. The van der Waals surface area contributed by atoms with Gasteiger partial charge in [-0.05, 0) is 47.5 Å². The Morgan fingerprint density at radius 3 is 2.37 bits per heavy atom. The van der Waals surface area contributed by atoms with E-state index < -0.39 is 0 Å². The molecule has 5 heteroatoms. The zero-order chi connectivity index (χ0) is 18.8. The molecule has 3 nitrogen and oxygen atoms in total. The third-order valence-corrected chi connectivity index (χ3v) is 4.94. The number of benzene rings is 3. The lowest BCUT2D eigenvalue weighted by molar-refractivity contribution is 0.414. The van der Waals surface area contributed by atoms with E-state index in [0.29, 0.717) is 17.1 Å². The lowest BCUT2D eigenvalue weighted by Gasteiger charge is -2.24. The normalized spacial score (nSPS) is 16.3. The van der Waals surface area contributed by atoms with Gasteiger partial charge in [-0.25, -0.2) is 4.39 Å². The number of rotatable bonds is 4. The summed E-state index contributed by atoms with van der Waals surface area (Å²) in [4.78, 5) is 0. The van der Waals surface area contributed by atoms with E-state index in [0.717, 1.165) is 22.6 Å². The molecule has 1 atom stereocenters. The number of ether oxygens (including phenoxy) is 1. The molecule has 0 aromatic heterocycles. The fourth-order valence-electron chi connectivity index (χ4n) is 3.27. The SMILES string of the molecule is COc1ccc(C2CC(c3ccc(Cl)cc3)=NN2c2ccccc2F)cc1. The first-order valence-corrected chi connectivity index (χ1v) is 9.04. The topological polar surface area (TPSA) is 24.8 Å². The molecule has 3 aromatic rings. The van der Waals surface area contributed by atoms with Crippen molar-refractivity contribution in [2.75, 3.05) is 12.1 Å². The minimum Gasteiger partial charge on any atom is -0.497 e. The maximum absolute atomic E-state index is 14.5. The van der Waals surface area contributed by atoms with Crippen LogP contribution in [0, 0.1) is 5.82 Å². The highest BCUT2D eigenvalue weighted by atomic mass is 35.5. The molecule has 0 amide bonds. The quantitative estimate of drug-likeness (QED) is 0.567. The van der Waals surface area contributed by atoms with E-state index in [1.165, 1.54) is 6.07 Å². The van der Waals surface area contributed by atoms with Crippen LogP contribution in [0.3, 0.4) is 0 Å². The van der Waals surface area contributed by atoms with Crippen molar-refractivity contribution in [3.63, 3.8) is 0 Å². The lowest BCUT2D eigenvalue weighted by Crippen LogP contribution is -2.19. The van der Waals surface area contributed by atoms with Crippen molar-refractivity contribution in [3.05, 3.63) is 94.8 Å². The van der Waals surface area contributed by atoms with Gasteiger partial charge in [0.25, 0.3) is 0 Å². The van der Waals surface area contributed by atoms with E-state index in [-0.39, 0.29) is 11.9 Å². The van der Waals surface area contributed by atoms with Crippen molar-refractivity contribution in [2.24, 2.45) is 5.10 Å². The molecule has 0 bridgehead atoms. The van der Waals surface area contributed by atoms with Crippen LogP contribution in [-0.2, 0) is 0 Å². The molecule has 0 N–H and O–H groups in total. The van der Waals surface area contributed by atoms with Gasteiger partial charge in [0.05, 0.1) is 24.6 Å². The first-order chi connectivity index (χ1) is 13.2. The molecule has 3 aromatic carbocycles.